The van der Waals surface area contributed by atoms with E-state index in [1.54, 1.807) is 0 Å². The van der Waals surface area contributed by atoms with E-state index >= 15 is 0 Å². The monoisotopic (exact) mass is 465 g/mol. The van der Waals surface area contributed by atoms with E-state index in [1.165, 1.54) is 11.1 Å². The van der Waals surface area contributed by atoms with Crippen molar-refractivity contribution in [2.24, 2.45) is 0 Å². The number of hydrogen-bond donors (Lipinski definition) is 1. The van der Waals surface area contributed by atoms with Crippen molar-refractivity contribution in [2.75, 3.05) is 6.54 Å². The van der Waals surface area contributed by atoms with Gasteiger partial charge in [-0.3, -0.25) is 9.59 Å². The van der Waals surface area contributed by atoms with Crippen LogP contribution in [0.4, 0.5) is 0 Å². The number of carboxylic acids is 1. The molecule has 0 bridgehead atoms. The van der Waals surface area contributed by atoms with E-state index in [0.29, 0.717) is 43.4 Å². The van der Waals surface area contributed by atoms with Crippen LogP contribution in [0.15, 0.2) is 72.8 Å². The Morgan fingerprint density at radius 2 is 1.63 bits per heavy atom. The van der Waals surface area contributed by atoms with E-state index in [2.05, 4.69) is 12.1 Å². The van der Waals surface area contributed by atoms with E-state index in [-0.39, 0.29) is 12.3 Å². The van der Waals surface area contributed by atoms with Crippen LogP contribution in [0.5, 0.6) is 0 Å². The first-order chi connectivity index (χ1) is 17.1. The lowest BCUT2D eigenvalue weighted by atomic mass is 9.99. The second kappa shape index (κ2) is 10.1. The Balaban J connectivity index is 1.44. The molecule has 0 radical (unpaired) electrons. The summed E-state index contributed by atoms with van der Waals surface area (Å²) in [5, 5.41) is 8.97. The number of amides is 1. The minimum absolute atomic E-state index is 0.00153. The third-order valence-corrected chi connectivity index (χ3v) is 6.50. The van der Waals surface area contributed by atoms with Gasteiger partial charge in [0.1, 0.15) is 0 Å². The molecule has 0 atom stereocenters. The summed E-state index contributed by atoms with van der Waals surface area (Å²) in [6.07, 6.45) is 2.91. The number of aliphatic carboxylic acids is 1. The molecule has 6 nitrogen and oxygen atoms in total. The highest BCUT2D eigenvalue weighted by Crippen LogP contribution is 2.26. The standard InChI is InChI=1S/C29H27N3O3/c33-27(34)13-7-6-12-25-28(21-9-2-1-3-10-21)31-24-15-14-22(18-26(24)30-25)29(35)32-17-16-20-8-4-5-11-23(20)19-32/h1-5,8-11,14-15,18H,6-7,12-13,16-17,19H2,(H,33,34). The summed E-state index contributed by atoms with van der Waals surface area (Å²) >= 11 is 0. The van der Waals surface area contributed by atoms with Crippen molar-refractivity contribution in [3.05, 3.63) is 95.2 Å². The van der Waals surface area contributed by atoms with Crippen molar-refractivity contribution in [1.29, 1.82) is 0 Å². The highest BCUT2D eigenvalue weighted by Gasteiger charge is 2.22. The predicted molar refractivity (Wildman–Crippen MR) is 135 cm³/mol. The van der Waals surface area contributed by atoms with E-state index in [4.69, 9.17) is 15.1 Å². The van der Waals surface area contributed by atoms with Crippen molar-refractivity contribution >= 4 is 22.9 Å². The smallest absolute Gasteiger partial charge is 0.303 e. The van der Waals surface area contributed by atoms with E-state index in [9.17, 15) is 9.59 Å². The van der Waals surface area contributed by atoms with Crippen LogP contribution in [-0.2, 0) is 24.2 Å². The molecule has 176 valence electrons. The zero-order valence-corrected chi connectivity index (χ0v) is 19.5. The average Bonchev–Trinajstić information content (AvgIpc) is 2.90. The molecule has 0 saturated carbocycles. The number of carboxylic acid groups (broad SMARTS) is 1. The van der Waals surface area contributed by atoms with Gasteiger partial charge in [0.05, 0.1) is 22.4 Å². The van der Waals surface area contributed by atoms with Crippen molar-refractivity contribution < 1.29 is 14.7 Å². The molecule has 0 unspecified atom stereocenters. The molecule has 1 amide bonds. The Kier molecular flexibility index (Phi) is 6.53. The van der Waals surface area contributed by atoms with Crippen LogP contribution in [0.3, 0.4) is 0 Å². The van der Waals surface area contributed by atoms with Crippen LogP contribution in [0.25, 0.3) is 22.3 Å². The predicted octanol–water partition coefficient (Wildman–Crippen LogP) is 5.29. The third kappa shape index (κ3) is 5.06. The minimum atomic E-state index is -0.790. The van der Waals surface area contributed by atoms with Gasteiger partial charge < -0.3 is 10.0 Å². The van der Waals surface area contributed by atoms with Crippen LogP contribution in [0.1, 0.15) is 46.4 Å². The number of hydrogen-bond acceptors (Lipinski definition) is 4. The van der Waals surface area contributed by atoms with Gasteiger partial charge in [0, 0.05) is 30.6 Å². The molecule has 1 aliphatic heterocycles. The van der Waals surface area contributed by atoms with Crippen LogP contribution in [0.2, 0.25) is 0 Å². The second-order valence-electron chi connectivity index (χ2n) is 8.93. The summed E-state index contributed by atoms with van der Waals surface area (Å²) in [4.78, 5) is 35.9. The van der Waals surface area contributed by atoms with Crippen molar-refractivity contribution in [2.45, 2.75) is 38.6 Å². The molecule has 3 aromatic carbocycles. The van der Waals surface area contributed by atoms with Gasteiger partial charge in [-0.05, 0) is 55.0 Å². The number of carbonyl (C=O) groups is 2. The van der Waals surface area contributed by atoms with Crippen molar-refractivity contribution in [1.82, 2.24) is 14.9 Å². The average molecular weight is 466 g/mol. The Morgan fingerprint density at radius 1 is 0.857 bits per heavy atom. The van der Waals surface area contributed by atoms with Crippen LogP contribution >= 0.6 is 0 Å². The Hall–Kier alpha value is -4.06. The molecule has 4 aromatic rings. The number of fused-ring (bicyclic) bond motifs is 2. The number of aromatic nitrogens is 2. The summed E-state index contributed by atoms with van der Waals surface area (Å²) in [7, 11) is 0. The molecule has 1 N–H and O–H groups in total. The van der Waals surface area contributed by atoms with Gasteiger partial charge in [0.15, 0.2) is 0 Å². The fourth-order valence-corrected chi connectivity index (χ4v) is 4.65. The lowest BCUT2D eigenvalue weighted by Gasteiger charge is -2.29. The van der Waals surface area contributed by atoms with Gasteiger partial charge in [0.2, 0.25) is 0 Å². The fourth-order valence-electron chi connectivity index (χ4n) is 4.65. The molecule has 2 heterocycles. The van der Waals surface area contributed by atoms with E-state index in [0.717, 1.165) is 28.9 Å². The van der Waals surface area contributed by atoms with Gasteiger partial charge >= 0.3 is 5.97 Å². The number of unbranched alkanes of at least 4 members (excludes halogenated alkanes) is 1. The van der Waals surface area contributed by atoms with E-state index < -0.39 is 5.97 Å². The molecule has 5 rings (SSSR count). The van der Waals surface area contributed by atoms with Gasteiger partial charge in [-0.1, -0.05) is 54.6 Å². The molecule has 35 heavy (non-hydrogen) atoms. The first-order valence-corrected chi connectivity index (χ1v) is 12.0. The number of aryl methyl sites for hydroxylation is 1. The SMILES string of the molecule is O=C(O)CCCCc1nc2cc(C(=O)N3CCc4ccccc4C3)ccc2nc1-c1ccccc1. The Labute approximate surface area is 204 Å². The summed E-state index contributed by atoms with van der Waals surface area (Å²) < 4.78 is 0. The Bertz CT molecular complexity index is 1380. The maximum Gasteiger partial charge on any atom is 0.303 e. The van der Waals surface area contributed by atoms with Gasteiger partial charge in [-0.2, -0.15) is 0 Å². The molecular weight excluding hydrogens is 438 g/mol. The summed E-state index contributed by atoms with van der Waals surface area (Å²) in [6.45, 7) is 1.31. The normalized spacial score (nSPS) is 13.0. The highest BCUT2D eigenvalue weighted by molar-refractivity contribution is 5.97. The van der Waals surface area contributed by atoms with Crippen molar-refractivity contribution in [3.8, 4) is 11.3 Å². The van der Waals surface area contributed by atoms with Gasteiger partial charge in [-0.25, -0.2) is 9.97 Å². The third-order valence-electron chi connectivity index (χ3n) is 6.50. The Morgan fingerprint density at radius 3 is 2.43 bits per heavy atom. The zero-order valence-electron chi connectivity index (χ0n) is 19.5. The largest absolute Gasteiger partial charge is 0.481 e. The van der Waals surface area contributed by atoms with Crippen LogP contribution in [0, 0.1) is 0 Å². The number of nitrogens with zero attached hydrogens (tertiary/aromatic N) is 3. The number of carbonyl (C=O) groups excluding carboxylic acids is 1. The summed E-state index contributed by atoms with van der Waals surface area (Å²) in [5.74, 6) is -0.792. The molecule has 0 aliphatic carbocycles. The lowest BCUT2D eigenvalue weighted by Crippen LogP contribution is -2.35. The topological polar surface area (TPSA) is 83.4 Å². The molecule has 0 fully saturated rings. The molecule has 6 heteroatoms. The molecular formula is C29H27N3O3. The lowest BCUT2D eigenvalue weighted by molar-refractivity contribution is -0.137. The maximum atomic E-state index is 13.3. The van der Waals surface area contributed by atoms with Crippen LogP contribution in [-0.4, -0.2) is 38.4 Å². The second-order valence-corrected chi connectivity index (χ2v) is 8.93. The van der Waals surface area contributed by atoms with Crippen LogP contribution < -0.4 is 0 Å². The molecule has 1 aliphatic rings. The number of benzene rings is 3. The highest BCUT2D eigenvalue weighted by atomic mass is 16.4. The van der Waals surface area contributed by atoms with Crippen molar-refractivity contribution in [3.63, 3.8) is 0 Å². The van der Waals surface area contributed by atoms with E-state index in [1.807, 2.05) is 65.6 Å². The molecule has 0 spiro atoms. The fraction of sp³-hybridized carbons (Fsp3) is 0.241. The van der Waals surface area contributed by atoms with Gasteiger partial charge in [-0.15, -0.1) is 0 Å². The molecule has 1 aromatic heterocycles. The van der Waals surface area contributed by atoms with Gasteiger partial charge in [0.25, 0.3) is 5.91 Å². The number of rotatable bonds is 7. The summed E-state index contributed by atoms with van der Waals surface area (Å²) in [6, 6.07) is 23.7. The zero-order chi connectivity index (χ0) is 24.2. The minimum Gasteiger partial charge on any atom is -0.481 e. The maximum absolute atomic E-state index is 13.3. The first-order valence-electron chi connectivity index (χ1n) is 12.0. The first kappa shape index (κ1) is 22.7. The molecule has 0 saturated heterocycles. The summed E-state index contributed by atoms with van der Waals surface area (Å²) in [5.41, 5.74) is 7.13. The quantitative estimate of drug-likeness (QED) is 0.375.